The molecule has 3 aromatic rings. The van der Waals surface area contributed by atoms with Crippen molar-refractivity contribution in [1.82, 2.24) is 0 Å². The van der Waals surface area contributed by atoms with E-state index in [4.69, 9.17) is 28.4 Å². The number of allylic oxidation sites excluding steroid dienone is 1. The smallest absolute Gasteiger partial charge is 0.312 e. The molecule has 3 aromatic carbocycles. The molecule has 192 valence electrons. The molecule has 3 heterocycles. The zero-order valence-electron chi connectivity index (χ0n) is 21.0. The molecule has 3 aliphatic rings. The van der Waals surface area contributed by atoms with Crippen molar-refractivity contribution in [3.05, 3.63) is 82.1 Å². The summed E-state index contributed by atoms with van der Waals surface area (Å²) in [5.74, 6) is 2.07. The maximum Gasteiger partial charge on any atom is 0.312 e. The van der Waals surface area contributed by atoms with Gasteiger partial charge in [-0.15, -0.1) is 0 Å². The van der Waals surface area contributed by atoms with Crippen molar-refractivity contribution in [3.8, 4) is 34.5 Å². The average Bonchev–Trinajstić information content (AvgIpc) is 3.26. The fourth-order valence-corrected chi connectivity index (χ4v) is 5.09. The highest BCUT2D eigenvalue weighted by molar-refractivity contribution is 6.15. The van der Waals surface area contributed by atoms with Crippen molar-refractivity contribution in [3.63, 3.8) is 0 Å². The van der Waals surface area contributed by atoms with E-state index in [1.165, 1.54) is 21.3 Å². The predicted octanol–water partition coefficient (Wildman–Crippen LogP) is 5.20. The molecule has 0 aromatic heterocycles. The van der Waals surface area contributed by atoms with Crippen LogP contribution in [-0.4, -0.2) is 39.7 Å². The summed E-state index contributed by atoms with van der Waals surface area (Å²) in [6.07, 6.45) is 3.78. The number of hydrogen-bond donors (Lipinski definition) is 0. The maximum atomic E-state index is 13.4. The minimum atomic E-state index is -0.358. The first kappa shape index (κ1) is 23.7. The van der Waals surface area contributed by atoms with Gasteiger partial charge in [-0.1, -0.05) is 18.2 Å². The van der Waals surface area contributed by atoms with Gasteiger partial charge in [0.05, 0.1) is 33.3 Å². The van der Waals surface area contributed by atoms with Crippen LogP contribution in [0.1, 0.15) is 39.4 Å². The van der Waals surface area contributed by atoms with Crippen molar-refractivity contribution in [2.45, 2.75) is 12.3 Å². The quantitative estimate of drug-likeness (QED) is 0.262. The number of esters is 1. The Morgan fingerprint density at radius 1 is 0.895 bits per heavy atom. The number of carbonyl (C=O) groups excluding carboxylic acids is 2. The first-order valence-electron chi connectivity index (χ1n) is 12.0. The van der Waals surface area contributed by atoms with Crippen molar-refractivity contribution < 1.29 is 38.0 Å². The van der Waals surface area contributed by atoms with Crippen molar-refractivity contribution in [2.75, 3.05) is 27.9 Å². The van der Waals surface area contributed by atoms with E-state index >= 15 is 0 Å². The highest BCUT2D eigenvalue weighted by Crippen LogP contribution is 2.50. The third kappa shape index (κ3) is 3.85. The SMILES string of the molecule is COc1cc(/C=C2\Oc3c(ccc4c3C(C3=Cc5ccccc5OC3)CC(=O)O4)C2=O)cc(OC)c1OC. The lowest BCUT2D eigenvalue weighted by atomic mass is 9.83. The van der Waals surface area contributed by atoms with Gasteiger partial charge in [0.1, 0.15) is 23.9 Å². The van der Waals surface area contributed by atoms with Crippen LogP contribution in [0.4, 0.5) is 0 Å². The molecule has 0 fully saturated rings. The molecule has 0 aliphatic carbocycles. The Bertz CT molecular complexity index is 1520. The van der Waals surface area contributed by atoms with Crippen molar-refractivity contribution in [1.29, 1.82) is 0 Å². The van der Waals surface area contributed by atoms with E-state index in [9.17, 15) is 9.59 Å². The van der Waals surface area contributed by atoms with E-state index in [0.29, 0.717) is 52.0 Å². The van der Waals surface area contributed by atoms with Crippen molar-refractivity contribution >= 4 is 23.9 Å². The second-order valence-corrected chi connectivity index (χ2v) is 9.03. The fraction of sp³-hybridized carbons (Fsp3) is 0.200. The second kappa shape index (κ2) is 9.30. The molecule has 0 saturated heterocycles. The molecular weight excluding hydrogens is 488 g/mol. The lowest BCUT2D eigenvalue weighted by Gasteiger charge is -2.30. The normalized spacial score (nSPS) is 18.3. The molecule has 0 bridgehead atoms. The lowest BCUT2D eigenvalue weighted by Crippen LogP contribution is -2.24. The van der Waals surface area contributed by atoms with Gasteiger partial charge in [0, 0.05) is 17.0 Å². The number of para-hydroxylation sites is 1. The number of carbonyl (C=O) groups is 2. The summed E-state index contributed by atoms with van der Waals surface area (Å²) >= 11 is 0. The van der Waals surface area contributed by atoms with Crippen molar-refractivity contribution in [2.24, 2.45) is 0 Å². The summed E-state index contributed by atoms with van der Waals surface area (Å²) in [5, 5.41) is 0. The summed E-state index contributed by atoms with van der Waals surface area (Å²) < 4.78 is 34.0. The van der Waals surface area contributed by atoms with E-state index in [1.54, 1.807) is 30.3 Å². The molecule has 1 atom stereocenters. The van der Waals surface area contributed by atoms with Crippen LogP contribution < -0.4 is 28.4 Å². The third-order valence-corrected chi connectivity index (χ3v) is 6.87. The molecule has 0 spiro atoms. The largest absolute Gasteiger partial charge is 0.493 e. The molecule has 6 rings (SSSR count). The van der Waals surface area contributed by atoms with Crippen LogP contribution in [0.2, 0.25) is 0 Å². The van der Waals surface area contributed by atoms with Crippen LogP contribution in [-0.2, 0) is 4.79 Å². The molecular formula is C30H24O8. The van der Waals surface area contributed by atoms with Gasteiger partial charge in [0.2, 0.25) is 11.5 Å². The fourth-order valence-electron chi connectivity index (χ4n) is 5.09. The van der Waals surface area contributed by atoms with E-state index in [2.05, 4.69) is 0 Å². The number of Topliss-reactive ketones (excluding diaryl/α,β-unsaturated/α-hetero) is 1. The molecule has 0 N–H and O–H groups in total. The molecule has 0 saturated carbocycles. The van der Waals surface area contributed by atoms with Gasteiger partial charge in [-0.05, 0) is 53.6 Å². The van der Waals surface area contributed by atoms with Crippen LogP contribution in [0.15, 0.2) is 59.9 Å². The zero-order chi connectivity index (χ0) is 26.4. The highest BCUT2D eigenvalue weighted by atomic mass is 16.5. The summed E-state index contributed by atoms with van der Waals surface area (Å²) in [5.41, 5.74) is 3.54. The Labute approximate surface area is 219 Å². The van der Waals surface area contributed by atoms with Gasteiger partial charge in [-0.2, -0.15) is 0 Å². The maximum absolute atomic E-state index is 13.4. The predicted molar refractivity (Wildman–Crippen MR) is 138 cm³/mol. The van der Waals surface area contributed by atoms with Gasteiger partial charge >= 0.3 is 5.97 Å². The second-order valence-electron chi connectivity index (χ2n) is 9.03. The summed E-state index contributed by atoms with van der Waals surface area (Å²) in [4.78, 5) is 25.9. The molecule has 8 heteroatoms. The zero-order valence-corrected chi connectivity index (χ0v) is 21.0. The number of ether oxygens (including phenoxy) is 6. The third-order valence-electron chi connectivity index (χ3n) is 6.87. The van der Waals surface area contributed by atoms with Crippen LogP contribution in [0.5, 0.6) is 34.5 Å². The van der Waals surface area contributed by atoms with Crippen LogP contribution >= 0.6 is 0 Å². The first-order chi connectivity index (χ1) is 18.5. The molecule has 0 amide bonds. The van der Waals surface area contributed by atoms with E-state index in [0.717, 1.165) is 16.9 Å². The van der Waals surface area contributed by atoms with Crippen LogP contribution in [0.3, 0.4) is 0 Å². The van der Waals surface area contributed by atoms with E-state index < -0.39 is 0 Å². The molecule has 1 unspecified atom stereocenters. The minimum Gasteiger partial charge on any atom is -0.493 e. The molecule has 3 aliphatic heterocycles. The van der Waals surface area contributed by atoms with E-state index in [-0.39, 0.29) is 29.9 Å². The number of ketones is 1. The Kier molecular flexibility index (Phi) is 5.79. The van der Waals surface area contributed by atoms with Gasteiger partial charge < -0.3 is 28.4 Å². The topological polar surface area (TPSA) is 89.5 Å². The molecule has 38 heavy (non-hydrogen) atoms. The van der Waals surface area contributed by atoms with Gasteiger partial charge in [-0.3, -0.25) is 9.59 Å². The Hall–Kier alpha value is -4.72. The highest BCUT2D eigenvalue weighted by Gasteiger charge is 2.39. The summed E-state index contributed by atoms with van der Waals surface area (Å²) in [7, 11) is 4.57. The number of benzene rings is 3. The summed E-state index contributed by atoms with van der Waals surface area (Å²) in [6, 6.07) is 14.5. The summed E-state index contributed by atoms with van der Waals surface area (Å²) in [6.45, 7) is 0.320. The monoisotopic (exact) mass is 512 g/mol. The lowest BCUT2D eigenvalue weighted by molar-refractivity contribution is -0.135. The van der Waals surface area contributed by atoms with E-state index in [1.807, 2.05) is 30.3 Å². The Balaban J connectivity index is 1.42. The number of rotatable bonds is 5. The molecule has 0 radical (unpaired) electrons. The number of hydrogen-bond acceptors (Lipinski definition) is 8. The van der Waals surface area contributed by atoms with Crippen LogP contribution in [0.25, 0.3) is 12.2 Å². The van der Waals surface area contributed by atoms with Gasteiger partial charge in [0.15, 0.2) is 17.3 Å². The number of fused-ring (bicyclic) bond motifs is 4. The van der Waals surface area contributed by atoms with Crippen LogP contribution in [0, 0.1) is 0 Å². The van der Waals surface area contributed by atoms with Gasteiger partial charge in [0.25, 0.3) is 0 Å². The Morgan fingerprint density at radius 2 is 1.66 bits per heavy atom. The Morgan fingerprint density at radius 3 is 2.39 bits per heavy atom. The standard InChI is InChI=1S/C30H24O8/c1-33-24-11-16(12-25(34-2)30(24)35-3)10-23-28(32)19-8-9-22-27(29(19)38-23)20(14-26(31)37-22)18-13-17-6-4-5-7-21(17)36-15-18/h4-13,20H,14-15H2,1-3H3/b23-10-. The van der Waals surface area contributed by atoms with Gasteiger partial charge in [-0.25, -0.2) is 0 Å². The molecule has 8 nitrogen and oxygen atoms in total. The first-order valence-corrected chi connectivity index (χ1v) is 12.0. The number of methoxy groups -OCH3 is 3. The average molecular weight is 513 g/mol. The minimum absolute atomic E-state index is 0.115.